The van der Waals surface area contributed by atoms with Crippen molar-refractivity contribution in [3.8, 4) is 5.69 Å². The third-order valence-electron chi connectivity index (χ3n) is 2.62. The van der Waals surface area contributed by atoms with Crippen molar-refractivity contribution in [1.82, 2.24) is 4.57 Å². The fourth-order valence-corrected chi connectivity index (χ4v) is 2.84. The Morgan fingerprint density at radius 2 is 1.61 bits per heavy atom. The largest absolute Gasteiger partial charge is 0.320 e. The van der Waals surface area contributed by atoms with Crippen molar-refractivity contribution >= 4 is 34.0 Å². The topological polar surface area (TPSA) is 43.3 Å². The van der Waals surface area contributed by atoms with Gasteiger partial charge in [-0.3, -0.25) is 4.57 Å². The van der Waals surface area contributed by atoms with Crippen LogP contribution in [0.3, 0.4) is 0 Å². The van der Waals surface area contributed by atoms with Crippen LogP contribution < -0.4 is 10.6 Å². The molecule has 0 atom stereocenters. The van der Waals surface area contributed by atoms with Crippen molar-refractivity contribution in [3.63, 3.8) is 0 Å². The molecule has 0 unspecified atom stereocenters. The van der Waals surface area contributed by atoms with E-state index in [-0.39, 0.29) is 12.4 Å². The van der Waals surface area contributed by atoms with Crippen LogP contribution in [0.5, 0.6) is 0 Å². The fourth-order valence-electron chi connectivity index (χ4n) is 1.89. The third kappa shape index (κ3) is 2.00. The summed E-state index contributed by atoms with van der Waals surface area (Å²) in [6.07, 6.45) is 0. The van der Waals surface area contributed by atoms with Gasteiger partial charge in [-0.1, -0.05) is 41.7 Å². The van der Waals surface area contributed by atoms with E-state index in [1.807, 2.05) is 42.5 Å². The number of thiazole rings is 1. The quantitative estimate of drug-likeness (QED) is 0.539. The summed E-state index contributed by atoms with van der Waals surface area (Å²) >= 11 is 1.59. The van der Waals surface area contributed by atoms with E-state index in [1.54, 1.807) is 11.3 Å². The SMILES string of the molecule is Cl.N/N=c1\sc2ccccc2n1-c1ccccc1. The van der Waals surface area contributed by atoms with E-state index in [9.17, 15) is 0 Å². The lowest BCUT2D eigenvalue weighted by Crippen LogP contribution is -2.14. The Morgan fingerprint density at radius 3 is 2.33 bits per heavy atom. The van der Waals surface area contributed by atoms with Crippen molar-refractivity contribution in [2.45, 2.75) is 0 Å². The maximum atomic E-state index is 5.47. The van der Waals surface area contributed by atoms with Crippen LogP contribution in [0.25, 0.3) is 15.9 Å². The fraction of sp³-hybridized carbons (Fsp3) is 0. The molecule has 0 radical (unpaired) electrons. The first-order chi connectivity index (χ1) is 8.40. The molecule has 0 saturated carbocycles. The van der Waals surface area contributed by atoms with Gasteiger partial charge in [-0.15, -0.1) is 12.4 Å². The van der Waals surface area contributed by atoms with E-state index in [2.05, 4.69) is 21.8 Å². The molecule has 3 rings (SSSR count). The highest BCUT2D eigenvalue weighted by Gasteiger charge is 2.06. The van der Waals surface area contributed by atoms with Crippen LogP contribution >= 0.6 is 23.7 Å². The van der Waals surface area contributed by atoms with Crippen LogP contribution in [-0.4, -0.2) is 4.57 Å². The van der Waals surface area contributed by atoms with E-state index in [0.717, 1.165) is 16.0 Å². The molecule has 3 aromatic rings. The lowest BCUT2D eigenvalue weighted by molar-refractivity contribution is 0.994. The number of hydrogen-bond acceptors (Lipinski definition) is 3. The molecule has 1 heterocycles. The third-order valence-corrected chi connectivity index (χ3v) is 3.66. The summed E-state index contributed by atoms with van der Waals surface area (Å²) in [6, 6.07) is 18.3. The Hall–Kier alpha value is -1.78. The van der Waals surface area contributed by atoms with E-state index >= 15 is 0 Å². The average Bonchev–Trinajstić information content (AvgIpc) is 2.78. The minimum absolute atomic E-state index is 0. The van der Waals surface area contributed by atoms with Crippen LogP contribution in [0.1, 0.15) is 0 Å². The highest BCUT2D eigenvalue weighted by molar-refractivity contribution is 7.16. The van der Waals surface area contributed by atoms with Gasteiger partial charge in [-0.05, 0) is 24.3 Å². The van der Waals surface area contributed by atoms with E-state index in [0.29, 0.717) is 0 Å². The Balaban J connectivity index is 0.00000120. The maximum absolute atomic E-state index is 5.47. The zero-order valence-corrected chi connectivity index (χ0v) is 11.1. The second kappa shape index (κ2) is 5.25. The van der Waals surface area contributed by atoms with Crippen molar-refractivity contribution < 1.29 is 0 Å². The molecule has 0 fully saturated rings. The van der Waals surface area contributed by atoms with Crippen molar-refractivity contribution in [3.05, 3.63) is 59.4 Å². The van der Waals surface area contributed by atoms with E-state index in [1.165, 1.54) is 4.70 Å². The first-order valence-corrected chi connectivity index (χ1v) is 6.12. The van der Waals surface area contributed by atoms with Crippen LogP contribution in [0.15, 0.2) is 59.7 Å². The zero-order chi connectivity index (χ0) is 11.7. The van der Waals surface area contributed by atoms with Crippen LogP contribution in [-0.2, 0) is 0 Å². The first kappa shape index (κ1) is 12.7. The number of halogens is 1. The number of fused-ring (bicyclic) bond motifs is 1. The van der Waals surface area contributed by atoms with Gasteiger partial charge in [0.25, 0.3) is 0 Å². The Kier molecular flexibility index (Phi) is 3.69. The predicted octanol–water partition coefficient (Wildman–Crippen LogP) is 2.89. The van der Waals surface area contributed by atoms with Crippen molar-refractivity contribution in [2.75, 3.05) is 0 Å². The molecule has 0 aliphatic rings. The van der Waals surface area contributed by atoms with Crippen molar-refractivity contribution in [1.29, 1.82) is 0 Å². The van der Waals surface area contributed by atoms with E-state index < -0.39 is 0 Å². The number of benzene rings is 2. The number of aromatic nitrogens is 1. The van der Waals surface area contributed by atoms with Crippen LogP contribution in [0, 0.1) is 0 Å². The molecule has 3 nitrogen and oxygen atoms in total. The van der Waals surface area contributed by atoms with Gasteiger partial charge in [0.1, 0.15) is 0 Å². The number of nitrogens with zero attached hydrogens (tertiary/aromatic N) is 2. The summed E-state index contributed by atoms with van der Waals surface area (Å²) in [5.74, 6) is 5.47. The average molecular weight is 278 g/mol. The Morgan fingerprint density at radius 1 is 0.944 bits per heavy atom. The zero-order valence-electron chi connectivity index (χ0n) is 9.48. The van der Waals surface area contributed by atoms with Gasteiger partial charge in [-0.2, -0.15) is 5.10 Å². The van der Waals surface area contributed by atoms with E-state index in [4.69, 9.17) is 5.84 Å². The van der Waals surface area contributed by atoms with Gasteiger partial charge < -0.3 is 5.84 Å². The Labute approximate surface area is 115 Å². The lowest BCUT2D eigenvalue weighted by atomic mass is 10.3. The van der Waals surface area contributed by atoms with Gasteiger partial charge in [0, 0.05) is 5.69 Å². The molecular weight excluding hydrogens is 266 g/mol. The standard InChI is InChI=1S/C13H11N3S.ClH/c14-15-13-16(10-6-2-1-3-7-10)11-8-4-5-9-12(11)17-13;/h1-9H,14H2;1H/b15-13-;. The number of hydrogen-bond donors (Lipinski definition) is 1. The summed E-state index contributed by atoms with van der Waals surface area (Å²) in [5, 5.41) is 3.87. The summed E-state index contributed by atoms with van der Waals surface area (Å²) in [4.78, 5) is 0.803. The lowest BCUT2D eigenvalue weighted by Gasteiger charge is -2.03. The molecule has 92 valence electrons. The number of rotatable bonds is 1. The van der Waals surface area contributed by atoms with Crippen LogP contribution in [0.2, 0.25) is 0 Å². The number of nitrogens with two attached hydrogens (primary N) is 1. The smallest absolute Gasteiger partial charge is 0.213 e. The second-order valence-corrected chi connectivity index (χ2v) is 4.66. The van der Waals surface area contributed by atoms with Crippen LogP contribution in [0.4, 0.5) is 0 Å². The first-order valence-electron chi connectivity index (χ1n) is 5.30. The highest BCUT2D eigenvalue weighted by atomic mass is 35.5. The van der Waals surface area contributed by atoms with Gasteiger partial charge >= 0.3 is 0 Å². The minimum atomic E-state index is 0. The summed E-state index contributed by atoms with van der Waals surface area (Å²) in [5.41, 5.74) is 2.21. The van der Waals surface area contributed by atoms with Gasteiger partial charge in [0.2, 0.25) is 4.80 Å². The van der Waals surface area contributed by atoms with Gasteiger partial charge in [0.05, 0.1) is 10.2 Å². The molecule has 0 aliphatic heterocycles. The summed E-state index contributed by atoms with van der Waals surface area (Å²) in [7, 11) is 0. The monoisotopic (exact) mass is 277 g/mol. The molecule has 1 aromatic heterocycles. The second-order valence-electron chi connectivity index (χ2n) is 3.65. The Bertz CT molecular complexity index is 716. The minimum Gasteiger partial charge on any atom is -0.320 e. The molecule has 0 saturated heterocycles. The summed E-state index contributed by atoms with van der Waals surface area (Å²) in [6.45, 7) is 0. The van der Waals surface area contributed by atoms with Gasteiger partial charge in [0.15, 0.2) is 0 Å². The maximum Gasteiger partial charge on any atom is 0.213 e. The molecule has 0 aliphatic carbocycles. The predicted molar refractivity (Wildman–Crippen MR) is 78.2 cm³/mol. The molecular formula is C13H12ClN3S. The van der Waals surface area contributed by atoms with Gasteiger partial charge in [-0.25, -0.2) is 0 Å². The molecule has 5 heteroatoms. The molecule has 18 heavy (non-hydrogen) atoms. The molecule has 2 aromatic carbocycles. The molecule has 0 amide bonds. The highest BCUT2D eigenvalue weighted by Crippen LogP contribution is 2.20. The normalized spacial score (nSPS) is 11.4. The summed E-state index contributed by atoms with van der Waals surface area (Å²) < 4.78 is 3.25. The van der Waals surface area contributed by atoms with Crippen molar-refractivity contribution in [2.24, 2.45) is 10.9 Å². The molecule has 0 bridgehead atoms. The molecule has 0 spiro atoms. The molecule has 2 N–H and O–H groups in total. The number of para-hydroxylation sites is 2.